The predicted molar refractivity (Wildman–Crippen MR) is 150 cm³/mol. The summed E-state index contributed by atoms with van der Waals surface area (Å²) < 4.78 is 2.34. The zero-order valence-corrected chi connectivity index (χ0v) is 22.4. The number of aryl methyl sites for hydroxylation is 2. The Hall–Kier alpha value is -2.95. The van der Waals surface area contributed by atoms with Gasteiger partial charge >= 0.3 is 0 Å². The van der Waals surface area contributed by atoms with Crippen LogP contribution in [0, 0.1) is 6.92 Å². The third kappa shape index (κ3) is 7.52. The number of benzene rings is 2. The lowest BCUT2D eigenvalue weighted by Gasteiger charge is -2.17. The van der Waals surface area contributed by atoms with E-state index in [1.54, 1.807) is 18.2 Å². The highest BCUT2D eigenvalue weighted by Crippen LogP contribution is 2.36. The lowest BCUT2D eigenvalue weighted by Crippen LogP contribution is -2.27. The highest BCUT2D eigenvalue weighted by atomic mass is 16.3. The number of fused-ring (bicyclic) bond motifs is 1. The molecule has 196 valence electrons. The normalized spacial score (nSPS) is 11.3. The van der Waals surface area contributed by atoms with Crippen LogP contribution in [0.2, 0.25) is 0 Å². The van der Waals surface area contributed by atoms with Crippen molar-refractivity contribution in [2.45, 2.75) is 91.0 Å². The molecule has 2 aromatic carbocycles. The van der Waals surface area contributed by atoms with E-state index in [1.807, 2.05) is 36.2 Å². The predicted octanol–water partition coefficient (Wildman–Crippen LogP) is 7.80. The van der Waals surface area contributed by atoms with Crippen LogP contribution in [0.1, 0.15) is 83.1 Å². The summed E-state index contributed by atoms with van der Waals surface area (Å²) in [4.78, 5) is 14.3. The molecule has 3 aromatic rings. The molecular weight excluding hydrogens is 448 g/mol. The van der Waals surface area contributed by atoms with E-state index < -0.39 is 0 Å². The summed E-state index contributed by atoms with van der Waals surface area (Å²) in [5, 5.41) is 20.8. The Morgan fingerprint density at radius 1 is 0.833 bits per heavy atom. The molecule has 0 fully saturated rings. The van der Waals surface area contributed by atoms with Crippen LogP contribution < -0.4 is 0 Å². The molecule has 36 heavy (non-hydrogen) atoms. The molecule has 5 nitrogen and oxygen atoms in total. The van der Waals surface area contributed by atoms with E-state index >= 15 is 0 Å². The molecule has 0 radical (unpaired) electrons. The topological polar surface area (TPSA) is 65.7 Å². The lowest BCUT2D eigenvalue weighted by atomic mass is 10.1. The number of nitrogens with zero attached hydrogens (tertiary/aromatic N) is 2. The van der Waals surface area contributed by atoms with Crippen LogP contribution in [0.4, 0.5) is 0 Å². The first-order chi connectivity index (χ1) is 17.4. The van der Waals surface area contributed by atoms with Crippen molar-refractivity contribution in [3.63, 3.8) is 0 Å². The number of aromatic nitrogens is 1. The number of amides is 1. The van der Waals surface area contributed by atoms with Gasteiger partial charge in [0.15, 0.2) is 0 Å². The summed E-state index contributed by atoms with van der Waals surface area (Å²) >= 11 is 0. The second kappa shape index (κ2) is 14.0. The zero-order valence-electron chi connectivity index (χ0n) is 22.4. The van der Waals surface area contributed by atoms with Gasteiger partial charge in [0.2, 0.25) is 5.91 Å². The van der Waals surface area contributed by atoms with Crippen LogP contribution in [-0.4, -0.2) is 39.2 Å². The van der Waals surface area contributed by atoms with E-state index in [0.29, 0.717) is 6.42 Å². The molecule has 0 saturated heterocycles. The summed E-state index contributed by atoms with van der Waals surface area (Å²) in [7, 11) is 1.94. The fraction of sp³-hybridized carbons (Fsp3) is 0.516. The number of phenolic OH excluding ortho intramolecular Hbond substituents is 2. The minimum atomic E-state index is 0.258. The molecule has 0 atom stereocenters. The first kappa shape index (κ1) is 27.6. The van der Waals surface area contributed by atoms with Crippen LogP contribution in [0.15, 0.2) is 42.5 Å². The lowest BCUT2D eigenvalue weighted by molar-refractivity contribution is -0.130. The van der Waals surface area contributed by atoms with Gasteiger partial charge in [-0.3, -0.25) is 4.79 Å². The molecule has 1 aromatic heterocycles. The fourth-order valence-electron chi connectivity index (χ4n) is 5.08. The second-order valence-electron chi connectivity index (χ2n) is 10.1. The van der Waals surface area contributed by atoms with Gasteiger partial charge in [-0.15, -0.1) is 0 Å². The van der Waals surface area contributed by atoms with Gasteiger partial charge in [0, 0.05) is 37.5 Å². The van der Waals surface area contributed by atoms with Gasteiger partial charge in [0.05, 0.1) is 5.69 Å². The number of rotatable bonds is 15. The van der Waals surface area contributed by atoms with Crippen molar-refractivity contribution >= 4 is 16.8 Å². The molecule has 1 heterocycles. The van der Waals surface area contributed by atoms with Crippen molar-refractivity contribution in [3.05, 3.63) is 48.0 Å². The maximum atomic E-state index is 12.4. The van der Waals surface area contributed by atoms with Crippen LogP contribution >= 0.6 is 0 Å². The summed E-state index contributed by atoms with van der Waals surface area (Å²) in [5.41, 5.74) is 4.46. The highest BCUT2D eigenvalue weighted by molar-refractivity contribution is 5.92. The first-order valence-electron chi connectivity index (χ1n) is 13.8. The Morgan fingerprint density at radius 2 is 1.47 bits per heavy atom. The zero-order chi connectivity index (χ0) is 25.9. The number of phenols is 2. The Balaban J connectivity index is 1.48. The molecule has 0 aliphatic rings. The fourth-order valence-corrected chi connectivity index (χ4v) is 5.08. The average Bonchev–Trinajstić information content (AvgIpc) is 3.14. The van der Waals surface area contributed by atoms with E-state index in [4.69, 9.17) is 0 Å². The van der Waals surface area contributed by atoms with Gasteiger partial charge in [-0.25, -0.2) is 0 Å². The third-order valence-corrected chi connectivity index (χ3v) is 7.24. The van der Waals surface area contributed by atoms with Crippen molar-refractivity contribution in [3.8, 4) is 22.8 Å². The number of hydrogen-bond donors (Lipinski definition) is 2. The minimum Gasteiger partial charge on any atom is -0.508 e. The number of carbonyl (C=O) groups is 1. The smallest absolute Gasteiger partial charge is 0.222 e. The standard InChI is InChI=1S/C31H44N2O3/c1-4-5-6-9-12-21-32(3)30(36)14-11-8-7-10-13-22-33-29-20-19-27(35)23-28(29)24(2)31(33)25-15-17-26(34)18-16-25/h15-20,23,34-35H,4-14,21-22H2,1-3H3. The van der Waals surface area contributed by atoms with Crippen LogP contribution in [0.25, 0.3) is 22.2 Å². The Bertz CT molecular complexity index is 1100. The highest BCUT2D eigenvalue weighted by Gasteiger charge is 2.16. The maximum Gasteiger partial charge on any atom is 0.222 e. The number of unbranched alkanes of at least 4 members (excludes halogenated alkanes) is 8. The molecule has 0 unspecified atom stereocenters. The van der Waals surface area contributed by atoms with Gasteiger partial charge < -0.3 is 19.7 Å². The number of carbonyl (C=O) groups excluding carboxylic acids is 1. The molecule has 0 spiro atoms. The van der Waals surface area contributed by atoms with Gasteiger partial charge in [-0.2, -0.15) is 0 Å². The Labute approximate surface area is 216 Å². The van der Waals surface area contributed by atoms with E-state index in [1.165, 1.54) is 25.7 Å². The van der Waals surface area contributed by atoms with E-state index in [2.05, 4.69) is 18.4 Å². The molecule has 2 N–H and O–H groups in total. The van der Waals surface area contributed by atoms with Crippen LogP contribution in [0.5, 0.6) is 11.5 Å². The molecule has 0 bridgehead atoms. The van der Waals surface area contributed by atoms with Gasteiger partial charge in [0.25, 0.3) is 0 Å². The molecule has 0 aliphatic heterocycles. The van der Waals surface area contributed by atoms with E-state index in [0.717, 1.165) is 79.3 Å². The quantitative estimate of drug-likeness (QED) is 0.213. The summed E-state index contributed by atoms with van der Waals surface area (Å²) in [6.45, 7) is 6.10. The van der Waals surface area contributed by atoms with Gasteiger partial charge in [-0.05, 0) is 79.8 Å². The second-order valence-corrected chi connectivity index (χ2v) is 10.1. The van der Waals surface area contributed by atoms with Crippen molar-refractivity contribution < 1.29 is 15.0 Å². The van der Waals surface area contributed by atoms with Gasteiger partial charge in [0.1, 0.15) is 11.5 Å². The molecule has 1 amide bonds. The minimum absolute atomic E-state index is 0.258. The van der Waals surface area contributed by atoms with Crippen molar-refractivity contribution in [1.82, 2.24) is 9.47 Å². The van der Waals surface area contributed by atoms with Crippen molar-refractivity contribution in [2.24, 2.45) is 0 Å². The monoisotopic (exact) mass is 492 g/mol. The maximum absolute atomic E-state index is 12.4. The van der Waals surface area contributed by atoms with Crippen molar-refractivity contribution in [1.29, 1.82) is 0 Å². The summed E-state index contributed by atoms with van der Waals surface area (Å²) in [5.74, 6) is 0.812. The molecule has 0 saturated carbocycles. The SMILES string of the molecule is CCCCCCCN(C)C(=O)CCCCCCCn1c(-c2ccc(O)cc2)c(C)c2cc(O)ccc21. The van der Waals surface area contributed by atoms with Crippen LogP contribution in [0.3, 0.4) is 0 Å². The number of aromatic hydroxyl groups is 2. The Kier molecular flexibility index (Phi) is 10.7. The average molecular weight is 493 g/mol. The van der Waals surface area contributed by atoms with E-state index in [9.17, 15) is 15.0 Å². The summed E-state index contributed by atoms with van der Waals surface area (Å²) in [6.07, 6.45) is 12.1. The largest absolute Gasteiger partial charge is 0.508 e. The number of hydrogen-bond acceptors (Lipinski definition) is 3. The molecule has 5 heteroatoms. The van der Waals surface area contributed by atoms with Crippen molar-refractivity contribution in [2.75, 3.05) is 13.6 Å². The van der Waals surface area contributed by atoms with E-state index in [-0.39, 0.29) is 17.4 Å². The third-order valence-electron chi connectivity index (χ3n) is 7.24. The van der Waals surface area contributed by atoms with Crippen LogP contribution in [-0.2, 0) is 11.3 Å². The Morgan fingerprint density at radius 3 is 2.22 bits per heavy atom. The first-order valence-corrected chi connectivity index (χ1v) is 13.8. The summed E-state index contributed by atoms with van der Waals surface area (Å²) in [6, 6.07) is 12.9. The van der Waals surface area contributed by atoms with Gasteiger partial charge in [-0.1, -0.05) is 51.9 Å². The molecule has 0 aliphatic carbocycles. The molecular formula is C31H44N2O3. The molecule has 3 rings (SSSR count).